The molecule has 3 rings (SSSR count). The fourth-order valence-electron chi connectivity index (χ4n) is 3.77. The number of fused-ring (bicyclic) bond motifs is 1. The lowest BCUT2D eigenvalue weighted by Gasteiger charge is -2.32. The Kier molecular flexibility index (Phi) is 5.29. The molecule has 0 spiro atoms. The molecule has 5 heteroatoms. The summed E-state index contributed by atoms with van der Waals surface area (Å²) >= 11 is 0. The lowest BCUT2D eigenvalue weighted by Crippen LogP contribution is -2.34. The number of nitrogens with zero attached hydrogens (tertiary/aromatic N) is 1. The molecule has 1 aromatic carbocycles. The van der Waals surface area contributed by atoms with Gasteiger partial charge in [0.15, 0.2) is 0 Å². The van der Waals surface area contributed by atoms with E-state index in [-0.39, 0.29) is 12.0 Å². The summed E-state index contributed by atoms with van der Waals surface area (Å²) < 4.78 is 11.8. The number of carbonyl (C=O) groups is 1. The van der Waals surface area contributed by atoms with E-state index in [0.29, 0.717) is 18.9 Å². The van der Waals surface area contributed by atoms with Gasteiger partial charge in [0, 0.05) is 30.5 Å². The Labute approximate surface area is 144 Å². The Bertz CT molecular complexity index is 595. The summed E-state index contributed by atoms with van der Waals surface area (Å²) in [6.07, 6.45) is 3.78. The van der Waals surface area contributed by atoms with Crippen molar-refractivity contribution in [1.29, 1.82) is 0 Å². The quantitative estimate of drug-likeness (QED) is 0.869. The van der Waals surface area contributed by atoms with E-state index in [1.165, 1.54) is 11.1 Å². The Morgan fingerprint density at radius 2 is 2.12 bits per heavy atom. The van der Waals surface area contributed by atoms with Gasteiger partial charge in [0.1, 0.15) is 17.6 Å². The van der Waals surface area contributed by atoms with Crippen LogP contribution in [0.15, 0.2) is 12.1 Å². The van der Waals surface area contributed by atoms with Crippen LogP contribution < -0.4 is 15.2 Å². The van der Waals surface area contributed by atoms with Gasteiger partial charge in [-0.15, -0.1) is 0 Å². The maximum absolute atomic E-state index is 11.1. The topological polar surface area (TPSA) is 64.8 Å². The van der Waals surface area contributed by atoms with Gasteiger partial charge < -0.3 is 15.2 Å². The number of rotatable bonds is 6. The standard InChI is InChI=1S/C19H28N2O3/c1-3-23-17-10-15-8-13(2)24-18(15)11-16(17)12-21-6-4-14(5-7-21)9-19(20)22/h10-11,13-14H,3-9,12H2,1-2H3,(H2,20,22)/t13-/m1/s1. The zero-order valence-electron chi connectivity index (χ0n) is 14.7. The van der Waals surface area contributed by atoms with E-state index in [4.69, 9.17) is 15.2 Å². The van der Waals surface area contributed by atoms with Gasteiger partial charge in [0.05, 0.1) is 6.61 Å². The van der Waals surface area contributed by atoms with Crippen LogP contribution in [-0.2, 0) is 17.8 Å². The maximum atomic E-state index is 11.1. The SMILES string of the molecule is CCOc1cc2c(cc1CN1CCC(CC(N)=O)CC1)O[C@H](C)C2. The molecular formula is C19H28N2O3. The van der Waals surface area contributed by atoms with Crippen molar-refractivity contribution in [3.63, 3.8) is 0 Å². The molecular weight excluding hydrogens is 304 g/mol. The number of ether oxygens (including phenoxy) is 2. The number of primary amides is 1. The second kappa shape index (κ2) is 7.43. The van der Waals surface area contributed by atoms with Crippen molar-refractivity contribution in [2.24, 2.45) is 11.7 Å². The van der Waals surface area contributed by atoms with Gasteiger partial charge in [0.25, 0.3) is 0 Å². The third kappa shape index (κ3) is 4.01. The molecule has 1 amide bonds. The minimum atomic E-state index is -0.183. The van der Waals surface area contributed by atoms with Crippen LogP contribution in [0.4, 0.5) is 0 Å². The van der Waals surface area contributed by atoms with Crippen LogP contribution in [0.1, 0.15) is 44.2 Å². The molecule has 1 aromatic rings. The van der Waals surface area contributed by atoms with Gasteiger partial charge in [-0.3, -0.25) is 9.69 Å². The molecule has 2 N–H and O–H groups in total. The number of likely N-dealkylation sites (tertiary alicyclic amines) is 1. The Morgan fingerprint density at radius 3 is 2.79 bits per heavy atom. The highest BCUT2D eigenvalue weighted by atomic mass is 16.5. The van der Waals surface area contributed by atoms with Gasteiger partial charge >= 0.3 is 0 Å². The van der Waals surface area contributed by atoms with Crippen molar-refractivity contribution in [3.05, 3.63) is 23.3 Å². The molecule has 0 unspecified atom stereocenters. The first-order chi connectivity index (χ1) is 11.5. The average molecular weight is 332 g/mol. The summed E-state index contributed by atoms with van der Waals surface area (Å²) in [4.78, 5) is 13.5. The van der Waals surface area contributed by atoms with E-state index in [9.17, 15) is 4.79 Å². The summed E-state index contributed by atoms with van der Waals surface area (Å²) in [7, 11) is 0. The van der Waals surface area contributed by atoms with Gasteiger partial charge in [-0.25, -0.2) is 0 Å². The molecule has 2 aliphatic rings. The largest absolute Gasteiger partial charge is 0.494 e. The molecule has 0 aliphatic carbocycles. The van der Waals surface area contributed by atoms with Crippen LogP contribution >= 0.6 is 0 Å². The molecule has 132 valence electrons. The number of hydrogen-bond acceptors (Lipinski definition) is 4. The van der Waals surface area contributed by atoms with Gasteiger partial charge in [-0.2, -0.15) is 0 Å². The van der Waals surface area contributed by atoms with E-state index in [2.05, 4.69) is 24.0 Å². The van der Waals surface area contributed by atoms with Crippen molar-refractivity contribution < 1.29 is 14.3 Å². The first-order valence-electron chi connectivity index (χ1n) is 9.01. The summed E-state index contributed by atoms with van der Waals surface area (Å²) in [6, 6.07) is 4.30. The van der Waals surface area contributed by atoms with Crippen molar-refractivity contribution >= 4 is 5.91 Å². The van der Waals surface area contributed by atoms with Crippen molar-refractivity contribution in [2.75, 3.05) is 19.7 Å². The van der Waals surface area contributed by atoms with Crippen LogP contribution in [0.25, 0.3) is 0 Å². The molecule has 0 saturated carbocycles. The second-order valence-corrected chi connectivity index (χ2v) is 7.02. The zero-order chi connectivity index (χ0) is 17.1. The minimum absolute atomic E-state index is 0.183. The normalized spacial score (nSPS) is 21.3. The predicted molar refractivity (Wildman–Crippen MR) is 93.2 cm³/mol. The lowest BCUT2D eigenvalue weighted by atomic mass is 9.93. The monoisotopic (exact) mass is 332 g/mol. The molecule has 1 atom stereocenters. The van der Waals surface area contributed by atoms with Crippen molar-refractivity contribution in [3.8, 4) is 11.5 Å². The highest BCUT2D eigenvalue weighted by Crippen LogP contribution is 2.36. The molecule has 2 aliphatic heterocycles. The van der Waals surface area contributed by atoms with E-state index >= 15 is 0 Å². The third-order valence-electron chi connectivity index (χ3n) is 4.97. The van der Waals surface area contributed by atoms with E-state index in [1.807, 2.05) is 6.92 Å². The van der Waals surface area contributed by atoms with E-state index in [0.717, 1.165) is 50.4 Å². The molecule has 24 heavy (non-hydrogen) atoms. The number of amides is 1. The summed E-state index contributed by atoms with van der Waals surface area (Å²) in [5.41, 5.74) is 7.75. The van der Waals surface area contributed by atoms with Crippen LogP contribution in [0, 0.1) is 5.92 Å². The van der Waals surface area contributed by atoms with E-state index in [1.54, 1.807) is 0 Å². The predicted octanol–water partition coefficient (Wildman–Crippen LogP) is 2.50. The summed E-state index contributed by atoms with van der Waals surface area (Å²) in [5, 5.41) is 0. The van der Waals surface area contributed by atoms with Crippen LogP contribution in [0.3, 0.4) is 0 Å². The Hall–Kier alpha value is -1.75. The number of nitrogens with two attached hydrogens (primary N) is 1. The molecule has 0 bridgehead atoms. The molecule has 1 saturated heterocycles. The van der Waals surface area contributed by atoms with Crippen molar-refractivity contribution in [1.82, 2.24) is 4.90 Å². The minimum Gasteiger partial charge on any atom is -0.494 e. The Balaban J connectivity index is 1.67. The Morgan fingerprint density at radius 1 is 1.38 bits per heavy atom. The number of benzene rings is 1. The highest BCUT2D eigenvalue weighted by Gasteiger charge is 2.25. The summed E-state index contributed by atoms with van der Waals surface area (Å²) in [6.45, 7) is 7.65. The molecule has 5 nitrogen and oxygen atoms in total. The van der Waals surface area contributed by atoms with Gasteiger partial charge in [-0.1, -0.05) is 0 Å². The summed E-state index contributed by atoms with van der Waals surface area (Å²) in [5.74, 6) is 2.24. The van der Waals surface area contributed by atoms with Gasteiger partial charge in [-0.05, 0) is 57.8 Å². The average Bonchev–Trinajstić information content (AvgIpc) is 2.88. The molecule has 1 fully saturated rings. The first kappa shape index (κ1) is 17.1. The smallest absolute Gasteiger partial charge is 0.217 e. The van der Waals surface area contributed by atoms with Crippen LogP contribution in [0.5, 0.6) is 11.5 Å². The fourth-order valence-corrected chi connectivity index (χ4v) is 3.77. The van der Waals surface area contributed by atoms with E-state index < -0.39 is 0 Å². The van der Waals surface area contributed by atoms with Crippen LogP contribution in [-0.4, -0.2) is 36.6 Å². The highest BCUT2D eigenvalue weighted by molar-refractivity contribution is 5.74. The molecule has 0 aromatic heterocycles. The van der Waals surface area contributed by atoms with Crippen molar-refractivity contribution in [2.45, 2.75) is 52.2 Å². The molecule has 0 radical (unpaired) electrons. The second-order valence-electron chi connectivity index (χ2n) is 7.02. The first-order valence-corrected chi connectivity index (χ1v) is 9.01. The fraction of sp³-hybridized carbons (Fsp3) is 0.632. The van der Waals surface area contributed by atoms with Crippen LogP contribution in [0.2, 0.25) is 0 Å². The molecule has 2 heterocycles. The van der Waals surface area contributed by atoms with Gasteiger partial charge in [0.2, 0.25) is 5.91 Å². The number of carbonyl (C=O) groups excluding carboxylic acids is 1. The zero-order valence-corrected chi connectivity index (χ0v) is 14.7. The maximum Gasteiger partial charge on any atom is 0.217 e. The number of piperidine rings is 1. The lowest BCUT2D eigenvalue weighted by molar-refractivity contribution is -0.119. The third-order valence-corrected chi connectivity index (χ3v) is 4.97. The number of hydrogen-bond donors (Lipinski definition) is 1.